The van der Waals surface area contributed by atoms with Crippen LogP contribution in [0.4, 0.5) is 5.69 Å². The maximum absolute atomic E-state index is 12.5. The average Bonchev–Trinajstić information content (AvgIpc) is 3.17. The summed E-state index contributed by atoms with van der Waals surface area (Å²) in [7, 11) is 0. The molecule has 1 atom stereocenters. The normalized spacial score (nSPS) is 16.3. The number of anilines is 1. The maximum atomic E-state index is 12.5. The molecule has 0 aliphatic carbocycles. The monoisotopic (exact) mass is 411 g/mol. The van der Waals surface area contributed by atoms with Crippen molar-refractivity contribution < 1.29 is 9.59 Å². The van der Waals surface area contributed by atoms with Gasteiger partial charge in [-0.05, 0) is 36.6 Å². The number of piperazine rings is 1. The summed E-state index contributed by atoms with van der Waals surface area (Å²) in [5, 5.41) is 5.67. The van der Waals surface area contributed by atoms with Crippen LogP contribution in [0.1, 0.15) is 16.6 Å². The van der Waals surface area contributed by atoms with E-state index < -0.39 is 0 Å². The molecule has 1 aromatic heterocycles. The summed E-state index contributed by atoms with van der Waals surface area (Å²) >= 11 is 13.4. The van der Waals surface area contributed by atoms with E-state index in [4.69, 9.17) is 23.2 Å². The molecule has 0 spiro atoms. The molecule has 0 unspecified atom stereocenters. The van der Waals surface area contributed by atoms with E-state index in [0.717, 1.165) is 4.88 Å². The largest absolute Gasteiger partial charge is 0.335 e. The van der Waals surface area contributed by atoms with Gasteiger partial charge in [-0.15, -0.1) is 11.3 Å². The van der Waals surface area contributed by atoms with Crippen molar-refractivity contribution in [1.82, 2.24) is 9.80 Å². The highest BCUT2D eigenvalue weighted by atomic mass is 35.5. The second-order valence-electron chi connectivity index (χ2n) is 6.09. The number of halogens is 2. The summed E-state index contributed by atoms with van der Waals surface area (Å²) in [4.78, 5) is 29.6. The number of thiophene rings is 1. The standard InChI is InChI=1S/C18H19Cl2N3O2S/c1-12(17(24)21-15-5-4-13(19)11-14(15)20)22-6-8-23(9-7-22)18(25)16-3-2-10-26-16/h2-5,10-12H,6-9H2,1H3,(H,21,24)/t12-/m1/s1. The summed E-state index contributed by atoms with van der Waals surface area (Å²) in [6.45, 7) is 4.38. The predicted molar refractivity (Wildman–Crippen MR) is 106 cm³/mol. The third kappa shape index (κ3) is 4.38. The van der Waals surface area contributed by atoms with Gasteiger partial charge in [-0.3, -0.25) is 14.5 Å². The minimum Gasteiger partial charge on any atom is -0.335 e. The highest BCUT2D eigenvalue weighted by molar-refractivity contribution is 7.12. The first-order valence-corrected chi connectivity index (χ1v) is 9.92. The molecular formula is C18H19Cl2N3O2S. The highest BCUT2D eigenvalue weighted by Crippen LogP contribution is 2.25. The molecule has 1 aromatic carbocycles. The lowest BCUT2D eigenvalue weighted by Gasteiger charge is -2.37. The van der Waals surface area contributed by atoms with Crippen LogP contribution in [-0.2, 0) is 4.79 Å². The van der Waals surface area contributed by atoms with Crippen LogP contribution in [0.25, 0.3) is 0 Å². The number of amides is 2. The van der Waals surface area contributed by atoms with Crippen LogP contribution in [0.3, 0.4) is 0 Å². The number of hydrogen-bond acceptors (Lipinski definition) is 4. The lowest BCUT2D eigenvalue weighted by molar-refractivity contribution is -0.121. The van der Waals surface area contributed by atoms with Gasteiger partial charge in [-0.25, -0.2) is 0 Å². The van der Waals surface area contributed by atoms with Crippen LogP contribution in [0, 0.1) is 0 Å². The lowest BCUT2D eigenvalue weighted by atomic mass is 10.2. The van der Waals surface area contributed by atoms with Crippen LogP contribution in [-0.4, -0.2) is 53.8 Å². The van der Waals surface area contributed by atoms with E-state index in [1.54, 1.807) is 18.2 Å². The van der Waals surface area contributed by atoms with Gasteiger partial charge in [-0.1, -0.05) is 29.3 Å². The molecule has 1 aliphatic heterocycles. The maximum Gasteiger partial charge on any atom is 0.264 e. The van der Waals surface area contributed by atoms with Gasteiger partial charge in [-0.2, -0.15) is 0 Å². The Morgan fingerprint density at radius 2 is 1.88 bits per heavy atom. The van der Waals surface area contributed by atoms with Crippen LogP contribution in [0.15, 0.2) is 35.7 Å². The topological polar surface area (TPSA) is 52.7 Å². The minimum absolute atomic E-state index is 0.0599. The van der Waals surface area contributed by atoms with Gasteiger partial charge in [0.15, 0.2) is 0 Å². The van der Waals surface area contributed by atoms with E-state index in [1.165, 1.54) is 11.3 Å². The van der Waals surface area contributed by atoms with Gasteiger partial charge >= 0.3 is 0 Å². The van der Waals surface area contributed by atoms with Crippen LogP contribution in [0.5, 0.6) is 0 Å². The Kier molecular flexibility index (Phi) is 6.19. The SMILES string of the molecule is C[C@H](C(=O)Nc1ccc(Cl)cc1Cl)N1CCN(C(=O)c2cccs2)CC1. The van der Waals surface area contributed by atoms with E-state index >= 15 is 0 Å². The van der Waals surface area contributed by atoms with Crippen molar-refractivity contribution in [2.75, 3.05) is 31.5 Å². The summed E-state index contributed by atoms with van der Waals surface area (Å²) in [5.74, 6) is -0.0723. The number of hydrogen-bond donors (Lipinski definition) is 1. The fourth-order valence-corrected chi connectivity index (χ4v) is 4.01. The van der Waals surface area contributed by atoms with Gasteiger partial charge < -0.3 is 10.2 Å². The summed E-state index contributed by atoms with van der Waals surface area (Å²) < 4.78 is 0. The Labute approximate surface area is 166 Å². The zero-order valence-electron chi connectivity index (χ0n) is 14.2. The van der Waals surface area contributed by atoms with E-state index in [9.17, 15) is 9.59 Å². The fourth-order valence-electron chi connectivity index (χ4n) is 2.86. The summed E-state index contributed by atoms with van der Waals surface area (Å²) in [5.41, 5.74) is 0.541. The molecule has 3 rings (SSSR count). The zero-order chi connectivity index (χ0) is 18.7. The first-order chi connectivity index (χ1) is 12.5. The average molecular weight is 412 g/mol. The Hall–Kier alpha value is -1.60. The van der Waals surface area contributed by atoms with Crippen molar-refractivity contribution in [3.63, 3.8) is 0 Å². The number of rotatable bonds is 4. The molecule has 2 aromatic rings. The molecule has 138 valence electrons. The molecule has 8 heteroatoms. The number of nitrogens with one attached hydrogen (secondary N) is 1. The fraction of sp³-hybridized carbons (Fsp3) is 0.333. The van der Waals surface area contributed by atoms with Crippen molar-refractivity contribution in [2.24, 2.45) is 0 Å². The van der Waals surface area contributed by atoms with Gasteiger partial charge in [0.2, 0.25) is 5.91 Å². The van der Waals surface area contributed by atoms with Gasteiger partial charge in [0.1, 0.15) is 0 Å². The molecule has 1 N–H and O–H groups in total. The quantitative estimate of drug-likeness (QED) is 0.831. The third-order valence-corrected chi connectivity index (χ3v) is 5.86. The molecule has 1 saturated heterocycles. The van der Waals surface area contributed by atoms with Crippen molar-refractivity contribution in [3.05, 3.63) is 50.6 Å². The highest BCUT2D eigenvalue weighted by Gasteiger charge is 2.28. The summed E-state index contributed by atoms with van der Waals surface area (Å²) in [6, 6.07) is 8.36. The second-order valence-corrected chi connectivity index (χ2v) is 7.89. The molecule has 2 amide bonds. The first-order valence-electron chi connectivity index (χ1n) is 8.28. The van der Waals surface area contributed by atoms with Gasteiger partial charge in [0.25, 0.3) is 5.91 Å². The Morgan fingerprint density at radius 1 is 1.15 bits per heavy atom. The van der Waals surface area contributed by atoms with Crippen LogP contribution < -0.4 is 5.32 Å². The molecule has 5 nitrogen and oxygen atoms in total. The third-order valence-electron chi connectivity index (χ3n) is 4.45. The Balaban J connectivity index is 1.55. The van der Waals surface area contributed by atoms with Crippen LogP contribution >= 0.6 is 34.5 Å². The second kappa shape index (κ2) is 8.39. The van der Waals surface area contributed by atoms with Crippen molar-refractivity contribution in [2.45, 2.75) is 13.0 Å². The van der Waals surface area contributed by atoms with Crippen LogP contribution in [0.2, 0.25) is 10.0 Å². The van der Waals surface area contributed by atoms with E-state index in [2.05, 4.69) is 10.2 Å². The first kappa shape index (κ1) is 19.2. The zero-order valence-corrected chi connectivity index (χ0v) is 16.6. The number of benzene rings is 1. The molecule has 0 bridgehead atoms. The molecule has 2 heterocycles. The molecule has 26 heavy (non-hydrogen) atoms. The number of carbonyl (C=O) groups excluding carboxylic acids is 2. The molecular weight excluding hydrogens is 393 g/mol. The van der Waals surface area contributed by atoms with Crippen molar-refractivity contribution >= 4 is 52.0 Å². The molecule has 0 saturated carbocycles. The molecule has 0 radical (unpaired) electrons. The van der Waals surface area contributed by atoms with E-state index in [1.807, 2.05) is 29.3 Å². The van der Waals surface area contributed by atoms with Crippen molar-refractivity contribution in [1.29, 1.82) is 0 Å². The lowest BCUT2D eigenvalue weighted by Crippen LogP contribution is -2.53. The van der Waals surface area contributed by atoms with E-state index in [-0.39, 0.29) is 17.9 Å². The van der Waals surface area contributed by atoms with E-state index in [0.29, 0.717) is 41.9 Å². The van der Waals surface area contributed by atoms with Crippen molar-refractivity contribution in [3.8, 4) is 0 Å². The number of nitrogens with zero attached hydrogens (tertiary/aromatic N) is 2. The van der Waals surface area contributed by atoms with Gasteiger partial charge in [0, 0.05) is 31.2 Å². The molecule has 1 fully saturated rings. The number of carbonyl (C=O) groups is 2. The Bertz CT molecular complexity index is 790. The predicted octanol–water partition coefficient (Wildman–Crippen LogP) is 3.84. The Morgan fingerprint density at radius 3 is 2.50 bits per heavy atom. The smallest absolute Gasteiger partial charge is 0.264 e. The minimum atomic E-state index is -0.319. The summed E-state index contributed by atoms with van der Waals surface area (Å²) in [6.07, 6.45) is 0. The molecule has 1 aliphatic rings. The van der Waals surface area contributed by atoms with Gasteiger partial charge in [0.05, 0.1) is 21.6 Å².